The van der Waals surface area contributed by atoms with Crippen molar-refractivity contribution in [3.8, 4) is 12.3 Å². The van der Waals surface area contributed by atoms with Crippen LogP contribution in [0.3, 0.4) is 0 Å². The topological polar surface area (TPSA) is 157 Å². The molecule has 4 amide bonds. The number of hydrogen-bond acceptors (Lipinski definition) is 7. The van der Waals surface area contributed by atoms with E-state index in [1.54, 1.807) is 86.6 Å². The van der Waals surface area contributed by atoms with Gasteiger partial charge in [0.25, 0.3) is 0 Å². The predicted molar refractivity (Wildman–Crippen MR) is 183 cm³/mol. The molecule has 3 atom stereocenters. The standard InChI is InChI=1S/C37H50N4O7/c1-11-25-19-15-16-20-26(25)30(31(43)39-28(33(45)47-36(5,6)7)23-24-17-13-12-14-18-24)41(35(2,3)4)32(44)27(21-22-29(38)42)40-34(46)48-37(8,9)10/h1,12-20,27-28,30H,21-23H2,2-10H3,(H2,38,42)(H,39,43)(H,40,46). The highest BCUT2D eigenvalue weighted by Crippen LogP contribution is 2.32. The van der Waals surface area contributed by atoms with Crippen molar-refractivity contribution >= 4 is 29.8 Å². The van der Waals surface area contributed by atoms with Gasteiger partial charge in [-0.1, -0.05) is 54.5 Å². The molecule has 48 heavy (non-hydrogen) atoms. The molecule has 260 valence electrons. The number of terminal acetylenes is 1. The fourth-order valence-corrected chi connectivity index (χ4v) is 4.94. The fraction of sp³-hybridized carbons (Fsp3) is 0.486. The largest absolute Gasteiger partial charge is 0.458 e. The van der Waals surface area contributed by atoms with E-state index in [0.717, 1.165) is 5.56 Å². The maximum Gasteiger partial charge on any atom is 0.408 e. The maximum absolute atomic E-state index is 14.6. The molecule has 2 aromatic rings. The van der Waals surface area contributed by atoms with Crippen LogP contribution in [0, 0.1) is 12.3 Å². The number of primary amides is 1. The van der Waals surface area contributed by atoms with E-state index < -0.39 is 64.7 Å². The monoisotopic (exact) mass is 662 g/mol. The molecule has 0 aliphatic carbocycles. The smallest absolute Gasteiger partial charge is 0.408 e. The van der Waals surface area contributed by atoms with Crippen molar-refractivity contribution in [3.63, 3.8) is 0 Å². The van der Waals surface area contributed by atoms with Crippen molar-refractivity contribution in [2.45, 2.75) is 116 Å². The van der Waals surface area contributed by atoms with Gasteiger partial charge in [-0.15, -0.1) is 6.42 Å². The molecule has 0 heterocycles. The number of nitrogens with zero attached hydrogens (tertiary/aromatic N) is 1. The van der Waals surface area contributed by atoms with E-state index in [1.165, 1.54) is 4.90 Å². The normalized spacial score (nSPS) is 13.6. The second-order valence-electron chi connectivity index (χ2n) is 14.5. The van der Waals surface area contributed by atoms with Crippen molar-refractivity contribution in [2.75, 3.05) is 0 Å². The van der Waals surface area contributed by atoms with E-state index in [4.69, 9.17) is 21.6 Å². The van der Waals surface area contributed by atoms with Crippen LogP contribution >= 0.6 is 0 Å². The molecular formula is C37H50N4O7. The van der Waals surface area contributed by atoms with Gasteiger partial charge in [-0.3, -0.25) is 14.4 Å². The molecular weight excluding hydrogens is 612 g/mol. The van der Waals surface area contributed by atoms with Crippen LogP contribution in [0.25, 0.3) is 0 Å². The molecule has 0 aromatic heterocycles. The van der Waals surface area contributed by atoms with Crippen molar-refractivity contribution in [3.05, 3.63) is 71.3 Å². The number of alkyl carbamates (subject to hydrolysis) is 1. The lowest BCUT2D eigenvalue weighted by Gasteiger charge is -2.43. The first-order valence-corrected chi connectivity index (χ1v) is 15.9. The zero-order chi connectivity index (χ0) is 36.4. The van der Waals surface area contributed by atoms with Gasteiger partial charge in [0.1, 0.15) is 29.3 Å². The van der Waals surface area contributed by atoms with Crippen molar-refractivity contribution in [1.82, 2.24) is 15.5 Å². The lowest BCUT2D eigenvalue weighted by molar-refractivity contribution is -0.159. The minimum Gasteiger partial charge on any atom is -0.458 e. The number of hydrogen-bond donors (Lipinski definition) is 3. The SMILES string of the molecule is C#Cc1ccccc1C(C(=O)NC(Cc1ccccc1)C(=O)OC(C)(C)C)N(C(=O)C(CCC(N)=O)NC(=O)OC(C)(C)C)C(C)(C)C. The molecule has 2 rings (SSSR count). The molecule has 0 radical (unpaired) electrons. The van der Waals surface area contributed by atoms with Gasteiger partial charge < -0.3 is 30.7 Å². The Labute approximate surface area is 284 Å². The first-order chi connectivity index (χ1) is 22.1. The van der Waals surface area contributed by atoms with Crippen molar-refractivity contribution in [2.24, 2.45) is 5.73 Å². The summed E-state index contributed by atoms with van der Waals surface area (Å²) in [7, 11) is 0. The van der Waals surface area contributed by atoms with E-state index >= 15 is 0 Å². The van der Waals surface area contributed by atoms with Crippen LogP contribution in [-0.2, 0) is 35.1 Å². The van der Waals surface area contributed by atoms with E-state index in [1.807, 2.05) is 30.3 Å². The number of ether oxygens (including phenoxy) is 2. The van der Waals surface area contributed by atoms with Gasteiger partial charge in [-0.05, 0) is 85.9 Å². The van der Waals surface area contributed by atoms with Crippen LogP contribution in [0.4, 0.5) is 4.79 Å². The van der Waals surface area contributed by atoms with Gasteiger partial charge in [0.05, 0.1) is 0 Å². The Hall–Kier alpha value is -4.85. The van der Waals surface area contributed by atoms with E-state index in [9.17, 15) is 24.0 Å². The summed E-state index contributed by atoms with van der Waals surface area (Å²) in [5, 5.41) is 5.41. The molecule has 0 spiro atoms. The average molecular weight is 663 g/mol. The third-order valence-corrected chi connectivity index (χ3v) is 6.84. The molecule has 0 saturated heterocycles. The minimum absolute atomic E-state index is 0.107. The van der Waals surface area contributed by atoms with Gasteiger partial charge in [-0.2, -0.15) is 0 Å². The number of rotatable bonds is 12. The Morgan fingerprint density at radius 3 is 1.90 bits per heavy atom. The number of benzene rings is 2. The number of esters is 1. The number of nitrogens with one attached hydrogen (secondary N) is 2. The van der Waals surface area contributed by atoms with Gasteiger partial charge in [0.15, 0.2) is 0 Å². The molecule has 0 fully saturated rings. The Morgan fingerprint density at radius 1 is 0.812 bits per heavy atom. The van der Waals surface area contributed by atoms with E-state index in [0.29, 0.717) is 11.1 Å². The highest BCUT2D eigenvalue weighted by molar-refractivity contribution is 5.95. The second kappa shape index (κ2) is 16.3. The van der Waals surface area contributed by atoms with Crippen LogP contribution in [0.5, 0.6) is 0 Å². The minimum atomic E-state index is -1.39. The van der Waals surface area contributed by atoms with Gasteiger partial charge in [0, 0.05) is 23.9 Å². The van der Waals surface area contributed by atoms with Crippen LogP contribution < -0.4 is 16.4 Å². The average Bonchev–Trinajstić information content (AvgIpc) is 2.95. The Balaban J connectivity index is 2.73. The lowest BCUT2D eigenvalue weighted by atomic mass is 9.92. The molecule has 2 aromatic carbocycles. The third kappa shape index (κ3) is 12.4. The number of nitrogens with two attached hydrogens (primary N) is 1. The summed E-state index contributed by atoms with van der Waals surface area (Å²) in [5.41, 5.74) is 4.05. The van der Waals surface area contributed by atoms with Crippen LogP contribution in [0.15, 0.2) is 54.6 Å². The summed E-state index contributed by atoms with van der Waals surface area (Å²) in [6.45, 7) is 15.3. The predicted octanol–water partition coefficient (Wildman–Crippen LogP) is 4.56. The Bertz CT molecular complexity index is 1490. The molecule has 4 N–H and O–H groups in total. The zero-order valence-corrected chi connectivity index (χ0v) is 29.5. The highest BCUT2D eigenvalue weighted by atomic mass is 16.6. The first kappa shape index (κ1) is 39.3. The van der Waals surface area contributed by atoms with Gasteiger partial charge in [0.2, 0.25) is 17.7 Å². The second-order valence-corrected chi connectivity index (χ2v) is 14.5. The third-order valence-electron chi connectivity index (χ3n) is 6.84. The summed E-state index contributed by atoms with van der Waals surface area (Å²) in [6, 6.07) is 11.9. The lowest BCUT2D eigenvalue weighted by Crippen LogP contribution is -2.60. The number of carbonyl (C=O) groups is 5. The summed E-state index contributed by atoms with van der Waals surface area (Å²) >= 11 is 0. The first-order valence-electron chi connectivity index (χ1n) is 15.9. The van der Waals surface area contributed by atoms with Crippen LogP contribution in [0.1, 0.15) is 97.9 Å². The molecule has 0 bridgehead atoms. The highest BCUT2D eigenvalue weighted by Gasteiger charge is 2.43. The molecule has 11 nitrogen and oxygen atoms in total. The van der Waals surface area contributed by atoms with Gasteiger partial charge in [-0.25, -0.2) is 9.59 Å². The number of amides is 4. The van der Waals surface area contributed by atoms with Crippen LogP contribution in [-0.4, -0.2) is 63.5 Å². The summed E-state index contributed by atoms with van der Waals surface area (Å²) < 4.78 is 11.1. The maximum atomic E-state index is 14.6. The summed E-state index contributed by atoms with van der Waals surface area (Å²) in [4.78, 5) is 68.7. The fourth-order valence-electron chi connectivity index (χ4n) is 4.94. The zero-order valence-electron chi connectivity index (χ0n) is 29.5. The molecule has 0 aliphatic rings. The summed E-state index contributed by atoms with van der Waals surface area (Å²) in [6.07, 6.45) is 4.69. The number of carbonyl (C=O) groups excluding carboxylic acids is 5. The molecule has 0 saturated carbocycles. The molecule has 3 unspecified atom stereocenters. The van der Waals surface area contributed by atoms with E-state index in [2.05, 4.69) is 16.6 Å². The van der Waals surface area contributed by atoms with E-state index in [-0.39, 0.29) is 19.3 Å². The molecule has 11 heteroatoms. The Morgan fingerprint density at radius 2 is 1.38 bits per heavy atom. The van der Waals surface area contributed by atoms with Crippen molar-refractivity contribution < 1.29 is 33.4 Å². The Kier molecular flexibility index (Phi) is 13.4. The summed E-state index contributed by atoms with van der Waals surface area (Å²) in [5.74, 6) is -0.165. The van der Waals surface area contributed by atoms with Crippen molar-refractivity contribution in [1.29, 1.82) is 0 Å². The molecule has 0 aliphatic heterocycles. The van der Waals surface area contributed by atoms with Gasteiger partial charge >= 0.3 is 12.1 Å². The van der Waals surface area contributed by atoms with Crippen LogP contribution in [0.2, 0.25) is 0 Å². The quantitative estimate of drug-likeness (QED) is 0.222.